The van der Waals surface area contributed by atoms with Gasteiger partial charge < -0.3 is 9.47 Å². The maximum atomic E-state index is 13.8. The highest BCUT2D eigenvalue weighted by molar-refractivity contribution is 7.98. The predicted octanol–water partition coefficient (Wildman–Crippen LogP) is 5.80. The number of rotatable bonds is 9. The van der Waals surface area contributed by atoms with Gasteiger partial charge in [0.05, 0.1) is 12.6 Å². The molecular weight excluding hydrogens is 436 g/mol. The van der Waals surface area contributed by atoms with Gasteiger partial charge in [-0.25, -0.2) is 4.39 Å². The molecule has 1 atom stereocenters. The van der Waals surface area contributed by atoms with Gasteiger partial charge >= 0.3 is 0 Å². The van der Waals surface area contributed by atoms with Crippen molar-refractivity contribution < 1.29 is 13.9 Å². The van der Waals surface area contributed by atoms with Crippen LogP contribution in [0.25, 0.3) is 0 Å². The quantitative estimate of drug-likeness (QED) is 0.381. The molecule has 1 heterocycles. The van der Waals surface area contributed by atoms with Crippen LogP contribution < -0.4 is 4.74 Å². The Bertz CT molecular complexity index is 971. The summed E-state index contributed by atoms with van der Waals surface area (Å²) >= 11 is 13.7. The fourth-order valence-electron chi connectivity index (χ4n) is 2.75. The van der Waals surface area contributed by atoms with Gasteiger partial charge in [0.1, 0.15) is 6.61 Å². The molecule has 154 valence electrons. The smallest absolute Gasteiger partial charge is 0.191 e. The third-order valence-electron chi connectivity index (χ3n) is 4.15. The van der Waals surface area contributed by atoms with Crippen LogP contribution in [0.4, 0.5) is 4.39 Å². The van der Waals surface area contributed by atoms with Crippen molar-refractivity contribution in [2.45, 2.75) is 30.5 Å². The number of halogens is 3. The molecule has 0 radical (unpaired) electrons. The van der Waals surface area contributed by atoms with E-state index in [1.54, 1.807) is 37.4 Å². The van der Waals surface area contributed by atoms with E-state index < -0.39 is 5.82 Å². The molecule has 0 aliphatic heterocycles. The first-order valence-electron chi connectivity index (χ1n) is 8.86. The number of para-hydroxylation sites is 1. The maximum absolute atomic E-state index is 13.8. The molecule has 0 saturated carbocycles. The third kappa shape index (κ3) is 5.63. The van der Waals surface area contributed by atoms with Crippen molar-refractivity contribution in [3.8, 4) is 5.75 Å². The first kappa shape index (κ1) is 21.9. The molecule has 0 aliphatic rings. The molecule has 0 amide bonds. The summed E-state index contributed by atoms with van der Waals surface area (Å²) in [6, 6.07) is 11.6. The molecule has 29 heavy (non-hydrogen) atoms. The van der Waals surface area contributed by atoms with E-state index in [4.69, 9.17) is 32.7 Å². The van der Waals surface area contributed by atoms with E-state index in [0.717, 1.165) is 5.56 Å². The summed E-state index contributed by atoms with van der Waals surface area (Å²) in [6.45, 7) is 2.56. The summed E-state index contributed by atoms with van der Waals surface area (Å²) in [4.78, 5) is 0. The summed E-state index contributed by atoms with van der Waals surface area (Å²) in [7, 11) is 1.64. The Hall–Kier alpha value is -1.80. The average molecular weight is 456 g/mol. The summed E-state index contributed by atoms with van der Waals surface area (Å²) in [6.07, 6.45) is 0. The van der Waals surface area contributed by atoms with E-state index in [2.05, 4.69) is 10.2 Å². The average Bonchev–Trinajstić information content (AvgIpc) is 3.10. The second-order valence-electron chi connectivity index (χ2n) is 6.32. The van der Waals surface area contributed by atoms with E-state index >= 15 is 0 Å². The molecule has 9 heteroatoms. The molecule has 3 aromatic rings. The van der Waals surface area contributed by atoms with Crippen molar-refractivity contribution in [1.29, 1.82) is 0 Å². The number of hydrogen-bond donors (Lipinski definition) is 0. The van der Waals surface area contributed by atoms with Gasteiger partial charge in [-0.05, 0) is 36.8 Å². The Morgan fingerprint density at radius 1 is 1.17 bits per heavy atom. The molecule has 0 N–H and O–H groups in total. The van der Waals surface area contributed by atoms with Crippen molar-refractivity contribution in [2.75, 3.05) is 13.7 Å². The fraction of sp³-hybridized carbons (Fsp3) is 0.300. The number of aromatic nitrogens is 3. The largest absolute Gasteiger partial charge is 0.483 e. The standard InChI is InChI=1S/C20H20Cl2FN3O2S/c1-13(10-27-2)26-19(11-28-18-6-4-3-5-17(18)23)24-25-20(26)29-12-14-7-8-15(21)9-16(14)22/h3-9,13H,10-12H2,1-2H3/t13-/m0/s1. The number of benzene rings is 2. The minimum Gasteiger partial charge on any atom is -0.483 e. The molecule has 0 fully saturated rings. The highest BCUT2D eigenvalue weighted by Crippen LogP contribution is 2.30. The number of ether oxygens (including phenoxy) is 2. The van der Waals surface area contributed by atoms with Gasteiger partial charge in [-0.2, -0.15) is 0 Å². The van der Waals surface area contributed by atoms with Crippen LogP contribution in [-0.2, 0) is 17.1 Å². The normalized spacial score (nSPS) is 12.2. The fourth-order valence-corrected chi connectivity index (χ4v) is 4.36. The maximum Gasteiger partial charge on any atom is 0.191 e. The molecule has 3 rings (SSSR count). The first-order chi connectivity index (χ1) is 14.0. The van der Waals surface area contributed by atoms with Crippen LogP contribution >= 0.6 is 35.0 Å². The van der Waals surface area contributed by atoms with Gasteiger partial charge in [-0.3, -0.25) is 4.57 Å². The summed E-state index contributed by atoms with van der Waals surface area (Å²) in [5, 5.41) is 10.4. The Labute approximate surface area is 183 Å². The number of hydrogen-bond acceptors (Lipinski definition) is 5. The van der Waals surface area contributed by atoms with Gasteiger partial charge in [-0.1, -0.05) is 53.2 Å². The van der Waals surface area contributed by atoms with E-state index in [1.807, 2.05) is 17.6 Å². The minimum absolute atomic E-state index is 0.0302. The molecule has 0 saturated heterocycles. The SMILES string of the molecule is COC[C@H](C)n1c(COc2ccccc2F)nnc1SCc1ccc(Cl)cc1Cl. The summed E-state index contributed by atoms with van der Waals surface area (Å²) in [5.41, 5.74) is 0.944. The second-order valence-corrected chi connectivity index (χ2v) is 8.10. The predicted molar refractivity (Wildman–Crippen MR) is 113 cm³/mol. The lowest BCUT2D eigenvalue weighted by Crippen LogP contribution is -2.16. The van der Waals surface area contributed by atoms with Crippen molar-refractivity contribution in [1.82, 2.24) is 14.8 Å². The number of nitrogens with zero attached hydrogens (tertiary/aromatic N) is 3. The van der Waals surface area contributed by atoms with Crippen LogP contribution in [0.2, 0.25) is 10.0 Å². The molecule has 0 spiro atoms. The molecule has 0 bridgehead atoms. The summed E-state index contributed by atoms with van der Waals surface area (Å²) in [5.74, 6) is 0.934. The highest BCUT2D eigenvalue weighted by atomic mass is 35.5. The van der Waals surface area contributed by atoms with Crippen LogP contribution in [0, 0.1) is 5.82 Å². The van der Waals surface area contributed by atoms with Gasteiger partial charge in [-0.15, -0.1) is 10.2 Å². The van der Waals surface area contributed by atoms with Crippen LogP contribution in [0.15, 0.2) is 47.6 Å². The van der Waals surface area contributed by atoms with E-state index in [9.17, 15) is 4.39 Å². The molecule has 1 aromatic heterocycles. The van der Waals surface area contributed by atoms with Crippen LogP contribution in [-0.4, -0.2) is 28.5 Å². The zero-order chi connectivity index (χ0) is 20.8. The molecule has 5 nitrogen and oxygen atoms in total. The topological polar surface area (TPSA) is 49.2 Å². The van der Waals surface area contributed by atoms with Crippen LogP contribution in [0.5, 0.6) is 5.75 Å². The number of methoxy groups -OCH3 is 1. The zero-order valence-corrected chi connectivity index (χ0v) is 18.3. The van der Waals surface area contributed by atoms with Crippen molar-refractivity contribution >= 4 is 35.0 Å². The van der Waals surface area contributed by atoms with Crippen LogP contribution in [0.1, 0.15) is 24.4 Å². The molecule has 2 aromatic carbocycles. The monoisotopic (exact) mass is 455 g/mol. The van der Waals surface area contributed by atoms with Gasteiger partial charge in [0, 0.05) is 22.9 Å². The van der Waals surface area contributed by atoms with E-state index in [1.165, 1.54) is 17.8 Å². The molecular formula is C20H20Cl2FN3O2S. The molecule has 0 aliphatic carbocycles. The molecule has 0 unspecified atom stereocenters. The van der Waals surface area contributed by atoms with E-state index in [0.29, 0.717) is 33.4 Å². The Morgan fingerprint density at radius 2 is 1.97 bits per heavy atom. The van der Waals surface area contributed by atoms with Crippen molar-refractivity contribution in [3.63, 3.8) is 0 Å². The second kappa shape index (κ2) is 10.3. The zero-order valence-electron chi connectivity index (χ0n) is 15.9. The highest BCUT2D eigenvalue weighted by Gasteiger charge is 2.19. The van der Waals surface area contributed by atoms with Gasteiger partial charge in [0.2, 0.25) is 0 Å². The lowest BCUT2D eigenvalue weighted by molar-refractivity contribution is 0.154. The minimum atomic E-state index is -0.421. The van der Waals surface area contributed by atoms with Gasteiger partial charge in [0.15, 0.2) is 22.5 Å². The first-order valence-corrected chi connectivity index (χ1v) is 10.6. The van der Waals surface area contributed by atoms with Gasteiger partial charge in [0.25, 0.3) is 0 Å². The lowest BCUT2D eigenvalue weighted by Gasteiger charge is -2.17. The van der Waals surface area contributed by atoms with E-state index in [-0.39, 0.29) is 18.4 Å². The Morgan fingerprint density at radius 3 is 2.69 bits per heavy atom. The third-order valence-corrected chi connectivity index (χ3v) is 5.73. The Kier molecular flexibility index (Phi) is 7.77. The number of thioether (sulfide) groups is 1. The summed E-state index contributed by atoms with van der Waals surface area (Å²) < 4.78 is 26.7. The van der Waals surface area contributed by atoms with Crippen molar-refractivity contribution in [2.24, 2.45) is 0 Å². The van der Waals surface area contributed by atoms with Crippen LogP contribution in [0.3, 0.4) is 0 Å². The Balaban J connectivity index is 1.78. The van der Waals surface area contributed by atoms with Crippen molar-refractivity contribution in [3.05, 3.63) is 69.7 Å². The lowest BCUT2D eigenvalue weighted by atomic mass is 10.2.